The van der Waals surface area contributed by atoms with Crippen LogP contribution < -0.4 is 10.2 Å². The Morgan fingerprint density at radius 2 is 2.31 bits per heavy atom. The Bertz CT molecular complexity index is 425. The molecule has 0 bridgehead atoms. The Kier molecular flexibility index (Phi) is 3.49. The van der Waals surface area contributed by atoms with E-state index < -0.39 is 0 Å². The number of hydrogen-bond acceptors (Lipinski definition) is 3. The average molecular weight is 349 g/mol. The molecule has 86 valence electrons. The van der Waals surface area contributed by atoms with Gasteiger partial charge in [0.2, 0.25) is 5.91 Å². The molecule has 2 rings (SSSR count). The van der Waals surface area contributed by atoms with Gasteiger partial charge in [0.05, 0.1) is 4.47 Å². The molecule has 1 aromatic rings. The van der Waals surface area contributed by atoms with Crippen LogP contribution in [0.4, 0.5) is 5.82 Å². The van der Waals surface area contributed by atoms with E-state index in [2.05, 4.69) is 42.2 Å². The second-order valence-electron chi connectivity index (χ2n) is 3.62. The molecule has 1 amide bonds. The van der Waals surface area contributed by atoms with Crippen molar-refractivity contribution in [2.45, 2.75) is 13.0 Å². The fourth-order valence-electron chi connectivity index (χ4n) is 1.69. The molecular formula is C10H11Br2N3O. The molecule has 1 unspecified atom stereocenters. The molecule has 0 spiro atoms. The molecule has 0 saturated carbocycles. The van der Waals surface area contributed by atoms with Crippen molar-refractivity contribution in [3.05, 3.63) is 21.2 Å². The number of amides is 1. The highest BCUT2D eigenvalue weighted by atomic mass is 79.9. The largest absolute Gasteiger partial charge is 0.353 e. The first-order valence-corrected chi connectivity index (χ1v) is 6.53. The van der Waals surface area contributed by atoms with Crippen LogP contribution in [0.25, 0.3) is 0 Å². The molecule has 1 N–H and O–H groups in total. The van der Waals surface area contributed by atoms with Crippen molar-refractivity contribution >= 4 is 43.6 Å². The van der Waals surface area contributed by atoms with E-state index in [1.807, 2.05) is 17.9 Å². The van der Waals surface area contributed by atoms with Crippen LogP contribution in [0.5, 0.6) is 0 Å². The standard InChI is InChI=1S/C10H11Br2N3O/c1-6-10(16)13-2-3-15(6)9-8(12)4-7(11)5-14-9/h4-6H,2-3H2,1H3,(H,13,16). The lowest BCUT2D eigenvalue weighted by Gasteiger charge is -2.34. The maximum absolute atomic E-state index is 11.6. The number of anilines is 1. The summed E-state index contributed by atoms with van der Waals surface area (Å²) < 4.78 is 1.81. The molecule has 1 aliphatic rings. The molecule has 0 radical (unpaired) electrons. The number of carbonyl (C=O) groups excluding carboxylic acids is 1. The predicted octanol–water partition coefficient (Wildman–Crippen LogP) is 1.93. The molecular weight excluding hydrogens is 338 g/mol. The smallest absolute Gasteiger partial charge is 0.242 e. The van der Waals surface area contributed by atoms with Gasteiger partial charge in [0.25, 0.3) is 0 Å². The summed E-state index contributed by atoms with van der Waals surface area (Å²) in [4.78, 5) is 17.9. The van der Waals surface area contributed by atoms with Crippen LogP contribution in [0, 0.1) is 0 Å². The number of hydrogen-bond donors (Lipinski definition) is 1. The minimum Gasteiger partial charge on any atom is -0.353 e. The van der Waals surface area contributed by atoms with Crippen molar-refractivity contribution in [2.24, 2.45) is 0 Å². The van der Waals surface area contributed by atoms with Crippen LogP contribution in [0.2, 0.25) is 0 Å². The van der Waals surface area contributed by atoms with E-state index in [0.717, 1.165) is 21.3 Å². The van der Waals surface area contributed by atoms with Crippen LogP contribution in [-0.4, -0.2) is 30.0 Å². The average Bonchev–Trinajstić information content (AvgIpc) is 2.23. The fraction of sp³-hybridized carbons (Fsp3) is 0.400. The van der Waals surface area contributed by atoms with Crippen LogP contribution in [-0.2, 0) is 4.79 Å². The van der Waals surface area contributed by atoms with Crippen LogP contribution in [0.3, 0.4) is 0 Å². The van der Waals surface area contributed by atoms with Crippen molar-refractivity contribution in [1.82, 2.24) is 10.3 Å². The van der Waals surface area contributed by atoms with Crippen molar-refractivity contribution < 1.29 is 4.79 Å². The first-order valence-electron chi connectivity index (χ1n) is 4.95. The molecule has 16 heavy (non-hydrogen) atoms. The van der Waals surface area contributed by atoms with Crippen LogP contribution in [0.15, 0.2) is 21.2 Å². The first-order chi connectivity index (χ1) is 7.59. The molecule has 2 heterocycles. The van der Waals surface area contributed by atoms with Gasteiger partial charge in [-0.15, -0.1) is 0 Å². The van der Waals surface area contributed by atoms with Crippen molar-refractivity contribution in [2.75, 3.05) is 18.0 Å². The third kappa shape index (κ3) is 2.22. The molecule has 1 fully saturated rings. The third-order valence-corrected chi connectivity index (χ3v) is 3.58. The molecule has 4 nitrogen and oxygen atoms in total. The van der Waals surface area contributed by atoms with E-state index in [-0.39, 0.29) is 11.9 Å². The SMILES string of the molecule is CC1C(=O)NCCN1c1ncc(Br)cc1Br. The Hall–Kier alpha value is -0.620. The minimum absolute atomic E-state index is 0.0443. The molecule has 0 aromatic carbocycles. The van der Waals surface area contributed by atoms with E-state index in [9.17, 15) is 4.79 Å². The van der Waals surface area contributed by atoms with E-state index >= 15 is 0 Å². The maximum Gasteiger partial charge on any atom is 0.242 e. The second-order valence-corrected chi connectivity index (χ2v) is 5.39. The number of nitrogens with zero attached hydrogens (tertiary/aromatic N) is 2. The zero-order valence-electron chi connectivity index (χ0n) is 8.70. The summed E-state index contributed by atoms with van der Waals surface area (Å²) in [6, 6.07) is 1.75. The lowest BCUT2D eigenvalue weighted by atomic mass is 10.2. The highest BCUT2D eigenvalue weighted by molar-refractivity contribution is 9.11. The summed E-state index contributed by atoms with van der Waals surface area (Å²) in [5.41, 5.74) is 0. The van der Waals surface area contributed by atoms with E-state index in [0.29, 0.717) is 6.54 Å². The van der Waals surface area contributed by atoms with E-state index in [4.69, 9.17) is 0 Å². The van der Waals surface area contributed by atoms with E-state index in [1.54, 1.807) is 6.20 Å². The maximum atomic E-state index is 11.6. The second kappa shape index (κ2) is 4.71. The van der Waals surface area contributed by atoms with Gasteiger partial charge < -0.3 is 10.2 Å². The van der Waals surface area contributed by atoms with Crippen LogP contribution >= 0.6 is 31.9 Å². The fourth-order valence-corrected chi connectivity index (χ4v) is 2.91. The van der Waals surface area contributed by atoms with Gasteiger partial charge in [-0.3, -0.25) is 4.79 Å². The van der Waals surface area contributed by atoms with Gasteiger partial charge >= 0.3 is 0 Å². The molecule has 1 aromatic heterocycles. The number of nitrogens with one attached hydrogen (secondary N) is 1. The summed E-state index contributed by atoms with van der Waals surface area (Å²) in [6.07, 6.45) is 1.74. The van der Waals surface area contributed by atoms with Gasteiger partial charge in [0, 0.05) is 23.8 Å². The van der Waals surface area contributed by atoms with Gasteiger partial charge in [0.15, 0.2) is 0 Å². The van der Waals surface area contributed by atoms with Gasteiger partial charge in [-0.05, 0) is 44.8 Å². The predicted molar refractivity (Wildman–Crippen MR) is 69.5 cm³/mol. The number of carbonyl (C=O) groups is 1. The van der Waals surface area contributed by atoms with Gasteiger partial charge in [-0.2, -0.15) is 0 Å². The molecule has 1 atom stereocenters. The molecule has 6 heteroatoms. The summed E-state index contributed by atoms with van der Waals surface area (Å²) in [5, 5.41) is 2.83. The summed E-state index contributed by atoms with van der Waals surface area (Å²) in [6.45, 7) is 3.32. The Morgan fingerprint density at radius 1 is 1.56 bits per heavy atom. The summed E-state index contributed by atoms with van der Waals surface area (Å²) in [7, 11) is 0. The highest BCUT2D eigenvalue weighted by Crippen LogP contribution is 2.28. The number of pyridine rings is 1. The summed E-state index contributed by atoms with van der Waals surface area (Å²) >= 11 is 6.82. The van der Waals surface area contributed by atoms with Gasteiger partial charge in [-0.25, -0.2) is 4.98 Å². The number of piperazine rings is 1. The monoisotopic (exact) mass is 347 g/mol. The first kappa shape index (κ1) is 11.9. The zero-order chi connectivity index (χ0) is 11.7. The Morgan fingerprint density at radius 3 is 3.00 bits per heavy atom. The highest BCUT2D eigenvalue weighted by Gasteiger charge is 2.27. The topological polar surface area (TPSA) is 45.2 Å². The molecule has 1 saturated heterocycles. The quantitative estimate of drug-likeness (QED) is 0.843. The molecule has 0 aliphatic carbocycles. The summed E-state index contributed by atoms with van der Waals surface area (Å²) in [5.74, 6) is 0.855. The Balaban J connectivity index is 2.32. The van der Waals surface area contributed by atoms with Crippen LogP contribution in [0.1, 0.15) is 6.92 Å². The van der Waals surface area contributed by atoms with Crippen molar-refractivity contribution in [3.8, 4) is 0 Å². The Labute approximate surface area is 111 Å². The van der Waals surface area contributed by atoms with Crippen molar-refractivity contribution in [3.63, 3.8) is 0 Å². The lowest BCUT2D eigenvalue weighted by Crippen LogP contribution is -2.54. The van der Waals surface area contributed by atoms with Crippen molar-refractivity contribution in [1.29, 1.82) is 0 Å². The number of halogens is 2. The molecule has 1 aliphatic heterocycles. The normalized spacial score (nSPS) is 20.8. The van der Waals surface area contributed by atoms with Gasteiger partial charge in [0.1, 0.15) is 11.9 Å². The minimum atomic E-state index is -0.182. The van der Waals surface area contributed by atoms with Gasteiger partial charge in [-0.1, -0.05) is 0 Å². The number of rotatable bonds is 1. The number of aromatic nitrogens is 1. The van der Waals surface area contributed by atoms with E-state index in [1.165, 1.54) is 0 Å². The third-order valence-electron chi connectivity index (χ3n) is 2.56. The lowest BCUT2D eigenvalue weighted by molar-refractivity contribution is -0.122. The zero-order valence-corrected chi connectivity index (χ0v) is 11.9.